The molecule has 1 atom stereocenters. The second kappa shape index (κ2) is 7.68. The maximum Gasteiger partial charge on any atom is 0.419 e. The van der Waals surface area contributed by atoms with E-state index >= 15 is 0 Å². The number of phenolic OH excluding ortho intramolecular Hbond substituents is 1. The maximum atomic E-state index is 14.1. The van der Waals surface area contributed by atoms with Crippen molar-refractivity contribution in [2.75, 3.05) is 31.1 Å². The molecule has 0 bridgehead atoms. The number of nitrogens with zero attached hydrogens (tertiary/aromatic N) is 4. The van der Waals surface area contributed by atoms with Gasteiger partial charge >= 0.3 is 6.18 Å². The van der Waals surface area contributed by atoms with Gasteiger partial charge in [-0.1, -0.05) is 6.92 Å². The Labute approximate surface area is 172 Å². The van der Waals surface area contributed by atoms with Gasteiger partial charge in [0.2, 0.25) is 0 Å². The topological polar surface area (TPSA) is 52.5 Å². The molecule has 4 rings (SSSR count). The molecule has 9 heteroatoms. The predicted octanol–water partition coefficient (Wildman–Crippen LogP) is 4.16. The Morgan fingerprint density at radius 2 is 1.97 bits per heavy atom. The molecule has 1 fully saturated rings. The summed E-state index contributed by atoms with van der Waals surface area (Å²) in [5, 5.41) is 18.7. The number of hydrogen-bond donors (Lipinski definition) is 1. The van der Waals surface area contributed by atoms with E-state index in [1.807, 2.05) is 0 Å². The summed E-state index contributed by atoms with van der Waals surface area (Å²) >= 11 is 0. The summed E-state index contributed by atoms with van der Waals surface area (Å²) in [7, 11) is 0. The number of halogens is 4. The Morgan fingerprint density at radius 1 is 1.20 bits per heavy atom. The molecule has 1 aromatic heterocycles. The highest BCUT2D eigenvalue weighted by Crippen LogP contribution is 2.41. The molecule has 5 nitrogen and oxygen atoms in total. The summed E-state index contributed by atoms with van der Waals surface area (Å²) in [4.78, 5) is 4.66. The summed E-state index contributed by atoms with van der Waals surface area (Å²) in [5.74, 6) is -1.33. The summed E-state index contributed by atoms with van der Waals surface area (Å²) in [5.41, 5.74) is 0.286. The lowest BCUT2D eigenvalue weighted by Gasteiger charge is -2.37. The second-order valence-electron chi connectivity index (χ2n) is 7.96. The molecule has 1 N–H and O–H groups in total. The first-order valence-electron chi connectivity index (χ1n) is 10.2. The number of piperidine rings is 1. The van der Waals surface area contributed by atoms with Crippen LogP contribution in [0.4, 0.5) is 23.4 Å². The standard InChI is InChI=1S/C21H24F4N4O/c1-3-28-7-4-5-13(11-28)29-8-6-14-12(2)19(26-27-20(14)29)15-9-17(22)16(10-18(15)30)21(23,24)25/h9-10,13,30H,3-8,11H2,1-2H3/t13-/m1/s1. The molecule has 0 amide bonds. The Balaban J connectivity index is 1.69. The van der Waals surface area contributed by atoms with Crippen LogP contribution in [0.2, 0.25) is 0 Å². The summed E-state index contributed by atoms with van der Waals surface area (Å²) in [6.07, 6.45) is -1.96. The molecule has 0 radical (unpaired) electrons. The lowest BCUT2D eigenvalue weighted by atomic mass is 9.99. The van der Waals surface area contributed by atoms with Crippen LogP contribution in [0.3, 0.4) is 0 Å². The normalized spacial score (nSPS) is 19.9. The molecular formula is C21H24F4N4O. The Bertz CT molecular complexity index is 963. The monoisotopic (exact) mass is 424 g/mol. The lowest BCUT2D eigenvalue weighted by Crippen LogP contribution is -2.47. The Hall–Kier alpha value is -2.42. The highest BCUT2D eigenvalue weighted by atomic mass is 19.4. The van der Waals surface area contributed by atoms with Crippen LogP contribution in [0.15, 0.2) is 12.1 Å². The zero-order chi connectivity index (χ0) is 21.6. The fourth-order valence-electron chi connectivity index (χ4n) is 4.56. The van der Waals surface area contributed by atoms with Crippen molar-refractivity contribution in [3.63, 3.8) is 0 Å². The predicted molar refractivity (Wildman–Crippen MR) is 105 cm³/mol. The van der Waals surface area contributed by atoms with Gasteiger partial charge in [0.05, 0.1) is 5.56 Å². The molecule has 3 heterocycles. The largest absolute Gasteiger partial charge is 0.507 e. The summed E-state index contributed by atoms with van der Waals surface area (Å²) in [6, 6.07) is 1.44. The fraction of sp³-hybridized carbons (Fsp3) is 0.524. The first-order chi connectivity index (χ1) is 14.2. The highest BCUT2D eigenvalue weighted by molar-refractivity contribution is 5.73. The maximum absolute atomic E-state index is 14.1. The van der Waals surface area contributed by atoms with Gasteiger partial charge < -0.3 is 14.9 Å². The number of hydrogen-bond acceptors (Lipinski definition) is 5. The Morgan fingerprint density at radius 3 is 2.67 bits per heavy atom. The van der Waals surface area contributed by atoms with E-state index in [1.54, 1.807) is 6.92 Å². The summed E-state index contributed by atoms with van der Waals surface area (Å²) in [6.45, 7) is 7.79. The number of likely N-dealkylation sites (tertiary alicyclic amines) is 1. The smallest absolute Gasteiger partial charge is 0.419 e. The van der Waals surface area contributed by atoms with Crippen molar-refractivity contribution in [3.05, 3.63) is 34.6 Å². The van der Waals surface area contributed by atoms with Gasteiger partial charge in [0.15, 0.2) is 5.82 Å². The molecule has 1 aromatic carbocycles. The van der Waals surface area contributed by atoms with Crippen molar-refractivity contribution in [3.8, 4) is 17.0 Å². The van der Waals surface area contributed by atoms with E-state index in [0.717, 1.165) is 56.8 Å². The minimum absolute atomic E-state index is 0.0819. The van der Waals surface area contributed by atoms with Crippen LogP contribution in [0.5, 0.6) is 5.75 Å². The van der Waals surface area contributed by atoms with Crippen molar-refractivity contribution in [1.29, 1.82) is 0 Å². The van der Waals surface area contributed by atoms with Gasteiger partial charge in [0.1, 0.15) is 17.3 Å². The number of phenols is 1. The molecule has 0 spiro atoms. The van der Waals surface area contributed by atoms with Crippen LogP contribution in [0.25, 0.3) is 11.3 Å². The first-order valence-corrected chi connectivity index (χ1v) is 10.2. The molecule has 1 saturated heterocycles. The van der Waals surface area contributed by atoms with Gasteiger partial charge in [0, 0.05) is 30.3 Å². The number of aromatic nitrogens is 2. The van der Waals surface area contributed by atoms with Crippen molar-refractivity contribution < 1.29 is 22.7 Å². The molecule has 0 saturated carbocycles. The van der Waals surface area contributed by atoms with E-state index in [1.165, 1.54) is 0 Å². The number of anilines is 1. The average molecular weight is 424 g/mol. The minimum atomic E-state index is -4.88. The third kappa shape index (κ3) is 3.59. The SMILES string of the molecule is CCN1CCC[C@@H](N2CCc3c2nnc(-c2cc(F)c(C(F)(F)F)cc2O)c3C)C1. The zero-order valence-electron chi connectivity index (χ0n) is 16.9. The highest BCUT2D eigenvalue weighted by Gasteiger charge is 2.36. The minimum Gasteiger partial charge on any atom is -0.507 e. The quantitative estimate of drug-likeness (QED) is 0.750. The molecule has 162 valence electrons. The van der Waals surface area contributed by atoms with Gasteiger partial charge in [0.25, 0.3) is 0 Å². The van der Waals surface area contributed by atoms with Crippen molar-refractivity contribution in [1.82, 2.24) is 15.1 Å². The number of rotatable bonds is 3. The van der Waals surface area contributed by atoms with E-state index in [-0.39, 0.29) is 11.3 Å². The molecule has 30 heavy (non-hydrogen) atoms. The van der Waals surface area contributed by atoms with Crippen LogP contribution in [-0.2, 0) is 12.6 Å². The van der Waals surface area contributed by atoms with E-state index in [9.17, 15) is 22.7 Å². The molecule has 0 aliphatic carbocycles. The van der Waals surface area contributed by atoms with E-state index in [4.69, 9.17) is 0 Å². The number of likely N-dealkylation sites (N-methyl/N-ethyl adjacent to an activating group) is 1. The van der Waals surface area contributed by atoms with Gasteiger partial charge in [-0.25, -0.2) is 4.39 Å². The zero-order valence-corrected chi connectivity index (χ0v) is 16.9. The van der Waals surface area contributed by atoms with E-state index in [0.29, 0.717) is 23.7 Å². The molecule has 0 unspecified atom stereocenters. The van der Waals surface area contributed by atoms with Crippen LogP contribution in [0, 0.1) is 12.7 Å². The fourth-order valence-corrected chi connectivity index (χ4v) is 4.56. The van der Waals surface area contributed by atoms with Gasteiger partial charge in [-0.2, -0.15) is 13.2 Å². The van der Waals surface area contributed by atoms with Gasteiger partial charge in [-0.15, -0.1) is 10.2 Å². The van der Waals surface area contributed by atoms with Crippen LogP contribution in [0.1, 0.15) is 36.5 Å². The van der Waals surface area contributed by atoms with Crippen molar-refractivity contribution in [2.24, 2.45) is 0 Å². The van der Waals surface area contributed by atoms with Gasteiger partial charge in [-0.3, -0.25) is 0 Å². The first kappa shape index (κ1) is 20.8. The molecule has 2 aliphatic heterocycles. The van der Waals surface area contributed by atoms with E-state index in [2.05, 4.69) is 26.9 Å². The lowest BCUT2D eigenvalue weighted by molar-refractivity contribution is -0.140. The van der Waals surface area contributed by atoms with E-state index < -0.39 is 23.3 Å². The van der Waals surface area contributed by atoms with Crippen LogP contribution in [-0.4, -0.2) is 52.4 Å². The van der Waals surface area contributed by atoms with Crippen LogP contribution >= 0.6 is 0 Å². The second-order valence-corrected chi connectivity index (χ2v) is 7.96. The number of benzene rings is 1. The molecule has 2 aromatic rings. The van der Waals surface area contributed by atoms with Crippen LogP contribution < -0.4 is 4.90 Å². The van der Waals surface area contributed by atoms with Crippen molar-refractivity contribution in [2.45, 2.75) is 45.3 Å². The number of fused-ring (bicyclic) bond motifs is 1. The summed E-state index contributed by atoms with van der Waals surface area (Å²) < 4.78 is 52.8. The third-order valence-corrected chi connectivity index (χ3v) is 6.21. The average Bonchev–Trinajstić information content (AvgIpc) is 3.14. The Kier molecular flexibility index (Phi) is 5.34. The number of alkyl halides is 3. The molecule has 2 aliphatic rings. The molecular weight excluding hydrogens is 400 g/mol. The third-order valence-electron chi connectivity index (χ3n) is 6.21. The van der Waals surface area contributed by atoms with Crippen molar-refractivity contribution >= 4 is 5.82 Å². The number of aromatic hydroxyl groups is 1. The van der Waals surface area contributed by atoms with Gasteiger partial charge in [-0.05, 0) is 57.0 Å².